The fourth-order valence-electron chi connectivity index (χ4n) is 2.18. The number of hydrogen-bond acceptors (Lipinski definition) is 6. The molecule has 7 nitrogen and oxygen atoms in total. The molecule has 3 N–H and O–H groups in total. The second-order valence-electron chi connectivity index (χ2n) is 5.26. The molecule has 1 aromatic heterocycles. The maximum absolute atomic E-state index is 10.6. The number of aliphatic carboxylic acids is 1. The summed E-state index contributed by atoms with van der Waals surface area (Å²) in [6.07, 6.45) is -2.59. The first-order valence-corrected chi connectivity index (χ1v) is 7.32. The van der Waals surface area contributed by atoms with Crippen LogP contribution in [0.15, 0.2) is 30.5 Å². The van der Waals surface area contributed by atoms with Crippen molar-refractivity contribution in [2.24, 2.45) is 0 Å². The first kappa shape index (κ1) is 18.9. The summed E-state index contributed by atoms with van der Waals surface area (Å²) in [5.41, 5.74) is 1.70. The van der Waals surface area contributed by atoms with Crippen LogP contribution < -0.4 is 10.1 Å². The summed E-state index contributed by atoms with van der Waals surface area (Å²) in [5, 5.41) is 19.4. The summed E-state index contributed by atoms with van der Waals surface area (Å²) in [7, 11) is 0. The predicted molar refractivity (Wildman–Crippen MR) is 81.1 cm³/mol. The van der Waals surface area contributed by atoms with Gasteiger partial charge in [-0.25, -0.2) is 14.8 Å². The average Bonchev–Trinajstić information content (AvgIpc) is 3.02. The lowest BCUT2D eigenvalue weighted by Gasteiger charge is -2.11. The zero-order valence-corrected chi connectivity index (χ0v) is 12.9. The third-order valence-electron chi connectivity index (χ3n) is 3.36. The smallest absolute Gasteiger partial charge is 0.475 e. The molecule has 2 unspecified atom stereocenters. The fourth-order valence-corrected chi connectivity index (χ4v) is 2.18. The standard InChI is InChI=1S/C13H15N3O2.C2HF3O2/c17-8-9-5-10(6-14-9)18-13-7-15-11-3-1-2-4-12(11)16-13;3-2(4,5)1(6)7/h1-4,7,9-10,14,17H,5-6,8H2;(H,6,7). The second kappa shape index (κ2) is 8.08. The molecule has 0 spiro atoms. The normalized spacial score (nSPS) is 20.0. The van der Waals surface area contributed by atoms with Crippen LogP contribution in [0.3, 0.4) is 0 Å². The number of carboxylic acids is 1. The van der Waals surface area contributed by atoms with E-state index < -0.39 is 12.1 Å². The number of hydrogen-bond donors (Lipinski definition) is 3. The van der Waals surface area contributed by atoms with Crippen molar-refractivity contribution in [3.8, 4) is 5.88 Å². The van der Waals surface area contributed by atoms with Gasteiger partial charge in [-0.2, -0.15) is 13.2 Å². The number of halogens is 3. The van der Waals surface area contributed by atoms with Gasteiger partial charge in [0.1, 0.15) is 6.10 Å². The Morgan fingerprint density at radius 2 is 1.96 bits per heavy atom. The predicted octanol–water partition coefficient (Wildman–Crippen LogP) is 1.36. The summed E-state index contributed by atoms with van der Waals surface area (Å²) in [5.74, 6) is -2.22. The van der Waals surface area contributed by atoms with Gasteiger partial charge in [-0.05, 0) is 12.1 Å². The molecule has 1 saturated heterocycles. The Morgan fingerprint density at radius 1 is 1.32 bits per heavy atom. The molecule has 10 heteroatoms. The van der Waals surface area contributed by atoms with E-state index in [0.717, 1.165) is 24.0 Å². The molecule has 0 radical (unpaired) electrons. The zero-order valence-electron chi connectivity index (χ0n) is 12.9. The van der Waals surface area contributed by atoms with Crippen LogP contribution in [-0.4, -0.2) is 57.6 Å². The van der Waals surface area contributed by atoms with Crippen molar-refractivity contribution in [2.75, 3.05) is 13.2 Å². The van der Waals surface area contributed by atoms with E-state index in [1.165, 1.54) is 0 Å². The number of para-hydroxylation sites is 2. The highest BCUT2D eigenvalue weighted by Crippen LogP contribution is 2.17. The summed E-state index contributed by atoms with van der Waals surface area (Å²) in [6.45, 7) is 0.878. The van der Waals surface area contributed by atoms with Crippen molar-refractivity contribution in [1.82, 2.24) is 15.3 Å². The SMILES string of the molecule is O=C(O)C(F)(F)F.OCC1CC(Oc2cnc3ccccc3n2)CN1. The summed E-state index contributed by atoms with van der Waals surface area (Å²) < 4.78 is 37.5. The monoisotopic (exact) mass is 359 g/mol. The lowest BCUT2D eigenvalue weighted by molar-refractivity contribution is -0.192. The van der Waals surface area contributed by atoms with Crippen LogP contribution in [0, 0.1) is 0 Å². The van der Waals surface area contributed by atoms with Gasteiger partial charge in [0, 0.05) is 19.0 Å². The summed E-state index contributed by atoms with van der Waals surface area (Å²) in [4.78, 5) is 17.6. The molecule has 3 rings (SSSR count). The third kappa shape index (κ3) is 5.54. The minimum Gasteiger partial charge on any atom is -0.475 e. The van der Waals surface area contributed by atoms with Gasteiger partial charge in [0.05, 0.1) is 23.8 Å². The minimum absolute atomic E-state index is 0.0533. The fraction of sp³-hybridized carbons (Fsp3) is 0.400. The van der Waals surface area contributed by atoms with E-state index in [1.807, 2.05) is 24.3 Å². The van der Waals surface area contributed by atoms with E-state index in [9.17, 15) is 13.2 Å². The molecule has 0 aliphatic carbocycles. The van der Waals surface area contributed by atoms with Gasteiger partial charge in [-0.1, -0.05) is 12.1 Å². The molecule has 0 saturated carbocycles. The Balaban J connectivity index is 0.000000277. The maximum Gasteiger partial charge on any atom is 0.490 e. The molecule has 2 aromatic rings. The first-order valence-electron chi connectivity index (χ1n) is 7.32. The van der Waals surface area contributed by atoms with Crippen molar-refractivity contribution in [1.29, 1.82) is 0 Å². The molecule has 1 aliphatic rings. The lowest BCUT2D eigenvalue weighted by atomic mass is 10.2. The van der Waals surface area contributed by atoms with E-state index in [-0.39, 0.29) is 18.8 Å². The van der Waals surface area contributed by atoms with Crippen LogP contribution >= 0.6 is 0 Å². The van der Waals surface area contributed by atoms with Crippen LogP contribution in [0.1, 0.15) is 6.42 Å². The zero-order chi connectivity index (χ0) is 18.4. The van der Waals surface area contributed by atoms with Crippen molar-refractivity contribution in [3.63, 3.8) is 0 Å². The van der Waals surface area contributed by atoms with Gasteiger partial charge < -0.3 is 20.3 Å². The van der Waals surface area contributed by atoms with Crippen LogP contribution in [0.5, 0.6) is 5.88 Å². The number of aliphatic hydroxyl groups is 1. The quantitative estimate of drug-likeness (QED) is 0.760. The number of carboxylic acid groups (broad SMARTS) is 1. The van der Waals surface area contributed by atoms with Gasteiger partial charge in [0.15, 0.2) is 0 Å². The topological polar surface area (TPSA) is 105 Å². The van der Waals surface area contributed by atoms with E-state index in [0.29, 0.717) is 5.88 Å². The van der Waals surface area contributed by atoms with Crippen molar-refractivity contribution < 1.29 is 32.9 Å². The third-order valence-corrected chi connectivity index (χ3v) is 3.36. The van der Waals surface area contributed by atoms with Gasteiger partial charge in [-0.3, -0.25) is 0 Å². The lowest BCUT2D eigenvalue weighted by Crippen LogP contribution is -2.25. The van der Waals surface area contributed by atoms with Crippen LogP contribution in [0.4, 0.5) is 13.2 Å². The number of aliphatic hydroxyl groups excluding tert-OH is 1. The number of alkyl halides is 3. The summed E-state index contributed by atoms with van der Waals surface area (Å²) in [6, 6.07) is 7.83. The molecular weight excluding hydrogens is 343 g/mol. The minimum atomic E-state index is -5.08. The number of aromatic nitrogens is 2. The van der Waals surface area contributed by atoms with E-state index in [4.69, 9.17) is 19.7 Å². The number of nitrogens with one attached hydrogen (secondary N) is 1. The Kier molecular flexibility index (Phi) is 6.10. The molecule has 136 valence electrons. The van der Waals surface area contributed by atoms with E-state index >= 15 is 0 Å². The van der Waals surface area contributed by atoms with Gasteiger partial charge in [-0.15, -0.1) is 0 Å². The first-order chi connectivity index (χ1) is 11.8. The van der Waals surface area contributed by atoms with Crippen molar-refractivity contribution in [2.45, 2.75) is 24.7 Å². The highest BCUT2D eigenvalue weighted by atomic mass is 19.4. The highest BCUT2D eigenvalue weighted by molar-refractivity contribution is 5.74. The highest BCUT2D eigenvalue weighted by Gasteiger charge is 2.38. The largest absolute Gasteiger partial charge is 0.490 e. The van der Waals surface area contributed by atoms with Gasteiger partial charge >= 0.3 is 12.1 Å². The van der Waals surface area contributed by atoms with Crippen LogP contribution in [0.25, 0.3) is 11.0 Å². The maximum atomic E-state index is 10.6. The molecule has 2 heterocycles. The van der Waals surface area contributed by atoms with Crippen molar-refractivity contribution in [3.05, 3.63) is 30.5 Å². The van der Waals surface area contributed by atoms with Crippen LogP contribution in [0.2, 0.25) is 0 Å². The molecule has 1 fully saturated rings. The Labute approximate surface area is 140 Å². The summed E-state index contributed by atoms with van der Waals surface area (Å²) >= 11 is 0. The molecule has 0 bridgehead atoms. The number of carbonyl (C=O) groups is 1. The number of fused-ring (bicyclic) bond motifs is 1. The Bertz CT molecular complexity index is 726. The number of benzene rings is 1. The van der Waals surface area contributed by atoms with Gasteiger partial charge in [0.2, 0.25) is 5.88 Å². The number of ether oxygens (including phenoxy) is 1. The Hall–Kier alpha value is -2.46. The molecule has 2 atom stereocenters. The van der Waals surface area contributed by atoms with Crippen molar-refractivity contribution >= 4 is 17.0 Å². The van der Waals surface area contributed by atoms with E-state index in [1.54, 1.807) is 6.20 Å². The second-order valence-corrected chi connectivity index (χ2v) is 5.26. The van der Waals surface area contributed by atoms with Gasteiger partial charge in [0.25, 0.3) is 0 Å². The molecule has 0 amide bonds. The molecule has 1 aliphatic heterocycles. The molecule has 1 aromatic carbocycles. The number of nitrogens with zero attached hydrogens (tertiary/aromatic N) is 2. The average molecular weight is 359 g/mol. The molecular formula is C15H16F3N3O4. The molecule has 25 heavy (non-hydrogen) atoms. The van der Waals surface area contributed by atoms with Crippen LogP contribution in [-0.2, 0) is 4.79 Å². The Morgan fingerprint density at radius 3 is 2.52 bits per heavy atom. The van der Waals surface area contributed by atoms with E-state index in [2.05, 4.69) is 15.3 Å². The number of rotatable bonds is 3.